The summed E-state index contributed by atoms with van der Waals surface area (Å²) < 4.78 is 5.25. The van der Waals surface area contributed by atoms with E-state index in [0.717, 1.165) is 0 Å². The fraction of sp³-hybridized carbons (Fsp3) is 0.429. The first-order chi connectivity index (χ1) is 9.20. The number of hydrogen-bond acceptors (Lipinski definition) is 3. The molecule has 2 N–H and O–H groups in total. The Morgan fingerprint density at radius 1 is 1.40 bits per heavy atom. The van der Waals surface area contributed by atoms with E-state index in [0.29, 0.717) is 10.8 Å². The van der Waals surface area contributed by atoms with E-state index in [1.54, 1.807) is 45.0 Å². The molecule has 20 heavy (non-hydrogen) atoms. The van der Waals surface area contributed by atoms with Crippen LogP contribution in [-0.2, 0) is 9.59 Å². The number of rotatable bonds is 5. The van der Waals surface area contributed by atoms with Crippen molar-refractivity contribution in [2.75, 3.05) is 6.61 Å². The summed E-state index contributed by atoms with van der Waals surface area (Å²) in [5.41, 5.74) is -0.586. The molecule has 0 radical (unpaired) electrons. The van der Waals surface area contributed by atoms with Crippen molar-refractivity contribution >= 4 is 23.5 Å². The summed E-state index contributed by atoms with van der Waals surface area (Å²) in [4.78, 5) is 22.9. The SMILES string of the molecule is CC(C)(C)[C@@H](NC(=O)COc1cccc(Cl)c1)C(=O)O. The van der Waals surface area contributed by atoms with Crippen LogP contribution in [0.4, 0.5) is 0 Å². The largest absolute Gasteiger partial charge is 0.484 e. The quantitative estimate of drug-likeness (QED) is 0.875. The van der Waals surface area contributed by atoms with E-state index in [1.165, 1.54) is 0 Å². The number of hydrogen-bond donors (Lipinski definition) is 2. The molecule has 1 atom stereocenters. The van der Waals surface area contributed by atoms with Crippen LogP contribution in [0.1, 0.15) is 20.8 Å². The van der Waals surface area contributed by atoms with Crippen molar-refractivity contribution in [2.45, 2.75) is 26.8 Å². The number of amides is 1. The average molecular weight is 300 g/mol. The topological polar surface area (TPSA) is 75.6 Å². The molecule has 0 unspecified atom stereocenters. The lowest BCUT2D eigenvalue weighted by atomic mass is 9.87. The molecule has 0 aromatic heterocycles. The van der Waals surface area contributed by atoms with Crippen molar-refractivity contribution in [3.05, 3.63) is 29.3 Å². The highest BCUT2D eigenvalue weighted by molar-refractivity contribution is 6.30. The van der Waals surface area contributed by atoms with Crippen molar-refractivity contribution in [3.63, 3.8) is 0 Å². The molecular formula is C14H18ClNO4. The van der Waals surface area contributed by atoms with Crippen molar-refractivity contribution in [2.24, 2.45) is 5.41 Å². The maximum atomic E-state index is 11.7. The maximum absolute atomic E-state index is 11.7. The second-order valence-corrected chi connectivity index (χ2v) is 5.89. The molecular weight excluding hydrogens is 282 g/mol. The fourth-order valence-corrected chi connectivity index (χ4v) is 1.74. The van der Waals surface area contributed by atoms with Crippen LogP contribution in [0.15, 0.2) is 24.3 Å². The molecule has 0 aliphatic heterocycles. The van der Waals surface area contributed by atoms with E-state index in [2.05, 4.69) is 5.32 Å². The monoisotopic (exact) mass is 299 g/mol. The lowest BCUT2D eigenvalue weighted by molar-refractivity contribution is -0.145. The van der Waals surface area contributed by atoms with Crippen LogP contribution in [0.2, 0.25) is 5.02 Å². The van der Waals surface area contributed by atoms with Gasteiger partial charge in [-0.1, -0.05) is 38.4 Å². The van der Waals surface area contributed by atoms with Gasteiger partial charge < -0.3 is 15.2 Å². The van der Waals surface area contributed by atoms with Crippen molar-refractivity contribution in [3.8, 4) is 5.75 Å². The summed E-state index contributed by atoms with van der Waals surface area (Å²) in [7, 11) is 0. The molecule has 0 aliphatic carbocycles. The van der Waals surface area contributed by atoms with Crippen molar-refractivity contribution < 1.29 is 19.4 Å². The van der Waals surface area contributed by atoms with Gasteiger partial charge in [-0.25, -0.2) is 4.79 Å². The van der Waals surface area contributed by atoms with Gasteiger partial charge in [0.05, 0.1) is 0 Å². The standard InChI is InChI=1S/C14H18ClNO4/c1-14(2,3)12(13(18)19)16-11(17)8-20-10-6-4-5-9(15)7-10/h4-7,12H,8H2,1-3H3,(H,16,17)(H,18,19)/t12-/m0/s1. The van der Waals surface area contributed by atoms with Crippen LogP contribution in [0.5, 0.6) is 5.75 Å². The van der Waals surface area contributed by atoms with Crippen LogP contribution in [0, 0.1) is 5.41 Å². The summed E-state index contributed by atoms with van der Waals surface area (Å²) in [6, 6.07) is 5.66. The average Bonchev–Trinajstić information content (AvgIpc) is 2.31. The van der Waals surface area contributed by atoms with Crippen LogP contribution in [-0.4, -0.2) is 29.6 Å². The number of carboxylic acids is 1. The second-order valence-electron chi connectivity index (χ2n) is 5.45. The van der Waals surface area contributed by atoms with Crippen LogP contribution >= 0.6 is 11.6 Å². The molecule has 0 aliphatic rings. The van der Waals surface area contributed by atoms with Crippen molar-refractivity contribution in [1.29, 1.82) is 0 Å². The molecule has 0 saturated heterocycles. The van der Waals surface area contributed by atoms with E-state index in [4.69, 9.17) is 21.4 Å². The number of aliphatic carboxylic acids is 1. The molecule has 6 heteroatoms. The maximum Gasteiger partial charge on any atom is 0.326 e. The molecule has 0 saturated carbocycles. The van der Waals surface area contributed by atoms with Gasteiger partial charge in [0.1, 0.15) is 11.8 Å². The highest BCUT2D eigenvalue weighted by Crippen LogP contribution is 2.20. The molecule has 110 valence electrons. The number of ether oxygens (including phenoxy) is 1. The molecule has 1 amide bonds. The number of halogens is 1. The van der Waals surface area contributed by atoms with Gasteiger partial charge in [-0.15, -0.1) is 0 Å². The van der Waals surface area contributed by atoms with Crippen LogP contribution in [0.3, 0.4) is 0 Å². The summed E-state index contributed by atoms with van der Waals surface area (Å²) in [6.07, 6.45) is 0. The van der Waals surface area contributed by atoms with Crippen LogP contribution < -0.4 is 10.1 Å². The molecule has 0 spiro atoms. The summed E-state index contributed by atoms with van der Waals surface area (Å²) in [5.74, 6) is -1.11. The van der Waals surface area contributed by atoms with Crippen LogP contribution in [0.25, 0.3) is 0 Å². The fourth-order valence-electron chi connectivity index (χ4n) is 1.56. The number of nitrogens with one attached hydrogen (secondary N) is 1. The first kappa shape index (κ1) is 16.3. The van der Waals surface area contributed by atoms with Gasteiger partial charge >= 0.3 is 5.97 Å². The third-order valence-electron chi connectivity index (χ3n) is 2.58. The highest BCUT2D eigenvalue weighted by atomic mass is 35.5. The lowest BCUT2D eigenvalue weighted by Gasteiger charge is -2.27. The zero-order valence-corrected chi connectivity index (χ0v) is 12.4. The Balaban J connectivity index is 2.57. The molecule has 0 bridgehead atoms. The highest BCUT2D eigenvalue weighted by Gasteiger charge is 2.32. The minimum atomic E-state index is -1.08. The van der Waals surface area contributed by atoms with Gasteiger partial charge in [-0.2, -0.15) is 0 Å². The lowest BCUT2D eigenvalue weighted by Crippen LogP contribution is -2.50. The zero-order valence-electron chi connectivity index (χ0n) is 11.6. The van der Waals surface area contributed by atoms with E-state index in [9.17, 15) is 9.59 Å². The zero-order chi connectivity index (χ0) is 15.3. The normalized spacial score (nSPS) is 12.6. The van der Waals surface area contributed by atoms with Crippen molar-refractivity contribution in [1.82, 2.24) is 5.32 Å². The number of benzene rings is 1. The number of carboxylic acid groups (broad SMARTS) is 1. The Morgan fingerprint density at radius 2 is 2.05 bits per heavy atom. The molecule has 5 nitrogen and oxygen atoms in total. The van der Waals surface area contributed by atoms with E-state index in [1.807, 2.05) is 0 Å². The Labute approximate surface area is 122 Å². The smallest absolute Gasteiger partial charge is 0.326 e. The minimum Gasteiger partial charge on any atom is -0.484 e. The Kier molecular flexibility index (Phi) is 5.39. The Morgan fingerprint density at radius 3 is 2.55 bits per heavy atom. The van der Waals surface area contributed by atoms with E-state index in [-0.39, 0.29) is 6.61 Å². The molecule has 1 rings (SSSR count). The molecule has 1 aromatic rings. The Hall–Kier alpha value is -1.75. The Bertz CT molecular complexity index is 496. The molecule has 0 heterocycles. The van der Waals surface area contributed by atoms with Gasteiger partial charge in [-0.05, 0) is 23.6 Å². The van der Waals surface area contributed by atoms with Gasteiger partial charge in [0.25, 0.3) is 5.91 Å². The van der Waals surface area contributed by atoms with E-state index >= 15 is 0 Å². The molecule has 0 fully saturated rings. The predicted octanol–water partition coefficient (Wildman–Crippen LogP) is 2.33. The van der Waals surface area contributed by atoms with Gasteiger partial charge in [0.2, 0.25) is 0 Å². The first-order valence-electron chi connectivity index (χ1n) is 6.10. The number of carbonyl (C=O) groups is 2. The predicted molar refractivity (Wildman–Crippen MR) is 76.0 cm³/mol. The van der Waals surface area contributed by atoms with Gasteiger partial charge in [0, 0.05) is 5.02 Å². The number of carbonyl (C=O) groups excluding carboxylic acids is 1. The summed E-state index contributed by atoms with van der Waals surface area (Å²) in [6.45, 7) is 4.96. The first-order valence-corrected chi connectivity index (χ1v) is 6.48. The van der Waals surface area contributed by atoms with E-state index < -0.39 is 23.3 Å². The van der Waals surface area contributed by atoms with Gasteiger partial charge in [-0.3, -0.25) is 4.79 Å². The minimum absolute atomic E-state index is 0.264. The third kappa shape index (κ3) is 5.09. The third-order valence-corrected chi connectivity index (χ3v) is 2.82. The summed E-state index contributed by atoms with van der Waals surface area (Å²) in [5, 5.41) is 12.1. The molecule has 1 aromatic carbocycles. The second kappa shape index (κ2) is 6.61. The van der Waals surface area contributed by atoms with Gasteiger partial charge in [0.15, 0.2) is 6.61 Å². The summed E-state index contributed by atoms with van der Waals surface area (Å²) >= 11 is 5.79.